The number of rotatable bonds is 5. The molecule has 1 unspecified atom stereocenters. The Morgan fingerprint density at radius 2 is 1.90 bits per heavy atom. The second-order valence-electron chi connectivity index (χ2n) is 5.60. The molecule has 1 aliphatic heterocycles. The zero-order valence-corrected chi connectivity index (χ0v) is 13.0. The van der Waals surface area contributed by atoms with Crippen molar-refractivity contribution in [3.63, 3.8) is 0 Å². The lowest BCUT2D eigenvalue weighted by Crippen LogP contribution is -2.35. The molecule has 0 amide bonds. The molecule has 112 valence electrons. The smallest absolute Gasteiger partial charge is 0.243 e. The van der Waals surface area contributed by atoms with Crippen molar-refractivity contribution < 1.29 is 13.5 Å². The summed E-state index contributed by atoms with van der Waals surface area (Å²) in [5.74, 6) is 0. The first-order chi connectivity index (χ1) is 9.45. The lowest BCUT2D eigenvalue weighted by atomic mass is 10.1. The molecule has 1 aliphatic rings. The lowest BCUT2D eigenvalue weighted by Gasteiger charge is -2.24. The molecule has 0 radical (unpaired) electrons. The summed E-state index contributed by atoms with van der Waals surface area (Å²) in [4.78, 5) is 0.394. The molecule has 2 rings (SSSR count). The van der Waals surface area contributed by atoms with E-state index in [-0.39, 0.29) is 12.6 Å². The highest BCUT2D eigenvalue weighted by Gasteiger charge is 2.34. The largest absolute Gasteiger partial charge is 0.396 e. The maximum Gasteiger partial charge on any atom is 0.243 e. The van der Waals surface area contributed by atoms with Crippen molar-refractivity contribution in [1.29, 1.82) is 0 Å². The third kappa shape index (κ3) is 3.22. The molecule has 1 atom stereocenters. The minimum atomic E-state index is -3.41. The summed E-state index contributed by atoms with van der Waals surface area (Å²) in [6, 6.07) is 5.49. The Labute approximate surface area is 121 Å². The fourth-order valence-corrected chi connectivity index (χ4v) is 4.87. The molecule has 1 N–H and O–H groups in total. The predicted molar refractivity (Wildman–Crippen MR) is 79.1 cm³/mol. The van der Waals surface area contributed by atoms with Gasteiger partial charge in [-0.1, -0.05) is 6.07 Å². The van der Waals surface area contributed by atoms with E-state index in [9.17, 15) is 8.42 Å². The Bertz CT molecular complexity index is 548. The number of aliphatic hydroxyl groups is 1. The summed E-state index contributed by atoms with van der Waals surface area (Å²) >= 11 is 0. The van der Waals surface area contributed by atoms with E-state index in [0.29, 0.717) is 17.9 Å². The van der Waals surface area contributed by atoms with E-state index < -0.39 is 10.0 Å². The Morgan fingerprint density at radius 1 is 1.25 bits per heavy atom. The van der Waals surface area contributed by atoms with E-state index >= 15 is 0 Å². The lowest BCUT2D eigenvalue weighted by molar-refractivity contribution is 0.264. The zero-order chi connectivity index (χ0) is 14.8. The Kier molecular flexibility index (Phi) is 4.83. The van der Waals surface area contributed by atoms with Crippen LogP contribution in [0, 0.1) is 13.8 Å². The normalized spacial score (nSPS) is 20.4. The van der Waals surface area contributed by atoms with E-state index in [1.165, 1.54) is 0 Å². The molecule has 0 saturated carbocycles. The molecule has 0 spiro atoms. The van der Waals surface area contributed by atoms with Gasteiger partial charge in [-0.3, -0.25) is 0 Å². The SMILES string of the molecule is Cc1cc(C)cc(S(=O)(=O)N2CCCC2CCCO)c1. The monoisotopic (exact) mass is 297 g/mol. The van der Waals surface area contributed by atoms with Crippen LogP contribution in [0.25, 0.3) is 0 Å². The quantitative estimate of drug-likeness (QED) is 0.906. The van der Waals surface area contributed by atoms with Gasteiger partial charge in [0.1, 0.15) is 0 Å². The first-order valence-corrected chi connectivity index (χ1v) is 8.60. The number of hydrogen-bond acceptors (Lipinski definition) is 3. The van der Waals surface area contributed by atoms with Gasteiger partial charge in [0.05, 0.1) is 4.90 Å². The highest BCUT2D eigenvalue weighted by Crippen LogP contribution is 2.29. The number of sulfonamides is 1. The highest BCUT2D eigenvalue weighted by atomic mass is 32.2. The first-order valence-electron chi connectivity index (χ1n) is 7.16. The molecule has 4 nitrogen and oxygen atoms in total. The fourth-order valence-electron chi connectivity index (χ4n) is 2.96. The molecule has 1 saturated heterocycles. The highest BCUT2D eigenvalue weighted by molar-refractivity contribution is 7.89. The van der Waals surface area contributed by atoms with Crippen LogP contribution in [0.2, 0.25) is 0 Å². The molecule has 0 aromatic heterocycles. The average Bonchev–Trinajstić information content (AvgIpc) is 2.84. The Hall–Kier alpha value is -0.910. The van der Waals surface area contributed by atoms with Gasteiger partial charge < -0.3 is 5.11 Å². The summed E-state index contributed by atoms with van der Waals surface area (Å²) < 4.78 is 27.2. The van der Waals surface area contributed by atoms with Gasteiger partial charge in [0.2, 0.25) is 10.0 Å². The van der Waals surface area contributed by atoms with Crippen molar-refractivity contribution in [2.75, 3.05) is 13.2 Å². The van der Waals surface area contributed by atoms with Gasteiger partial charge in [-0.05, 0) is 62.8 Å². The number of aryl methyl sites for hydroxylation is 2. The summed E-state index contributed by atoms with van der Waals surface area (Å²) in [7, 11) is -3.41. The second-order valence-corrected chi connectivity index (χ2v) is 7.49. The third-order valence-corrected chi connectivity index (χ3v) is 5.75. The standard InChI is InChI=1S/C15H23NO3S/c1-12-9-13(2)11-15(10-12)20(18,19)16-7-3-5-14(16)6-4-8-17/h9-11,14,17H,3-8H2,1-2H3. The van der Waals surface area contributed by atoms with Crippen molar-refractivity contribution in [1.82, 2.24) is 4.31 Å². The van der Waals surface area contributed by atoms with Gasteiger partial charge in [0.25, 0.3) is 0 Å². The van der Waals surface area contributed by atoms with Crippen molar-refractivity contribution in [2.45, 2.75) is 50.5 Å². The molecule has 1 fully saturated rings. The number of hydrogen-bond donors (Lipinski definition) is 1. The van der Waals surface area contributed by atoms with Crippen LogP contribution < -0.4 is 0 Å². The van der Waals surface area contributed by atoms with Gasteiger partial charge in [-0.15, -0.1) is 0 Å². The van der Waals surface area contributed by atoms with E-state index in [1.54, 1.807) is 16.4 Å². The third-order valence-electron chi connectivity index (χ3n) is 3.82. The maximum atomic E-state index is 12.8. The molecule has 0 bridgehead atoms. The number of nitrogens with zero attached hydrogens (tertiary/aromatic N) is 1. The summed E-state index contributed by atoms with van der Waals surface area (Å²) in [6.45, 7) is 4.54. The molecular formula is C15H23NO3S. The van der Waals surface area contributed by atoms with Crippen LogP contribution in [0.5, 0.6) is 0 Å². The van der Waals surface area contributed by atoms with Crippen molar-refractivity contribution in [3.8, 4) is 0 Å². The molecule has 1 heterocycles. The second kappa shape index (κ2) is 6.24. The van der Waals surface area contributed by atoms with Gasteiger partial charge in [-0.2, -0.15) is 4.31 Å². The summed E-state index contributed by atoms with van der Waals surface area (Å²) in [6.07, 6.45) is 3.19. The molecule has 5 heteroatoms. The molecule has 1 aromatic rings. The van der Waals surface area contributed by atoms with Crippen LogP contribution in [0.1, 0.15) is 36.8 Å². The van der Waals surface area contributed by atoms with E-state index in [1.807, 2.05) is 19.9 Å². The predicted octanol–water partition coefficient (Wildman–Crippen LogP) is 2.23. The van der Waals surface area contributed by atoms with Crippen LogP contribution in [0.3, 0.4) is 0 Å². The van der Waals surface area contributed by atoms with Crippen LogP contribution >= 0.6 is 0 Å². The number of benzene rings is 1. The summed E-state index contributed by atoms with van der Waals surface area (Å²) in [5.41, 5.74) is 1.93. The van der Waals surface area contributed by atoms with Gasteiger partial charge in [0, 0.05) is 19.2 Å². The minimum absolute atomic E-state index is 0.0352. The number of aliphatic hydroxyl groups excluding tert-OH is 1. The molecule has 1 aromatic carbocycles. The van der Waals surface area contributed by atoms with E-state index in [0.717, 1.165) is 30.4 Å². The average molecular weight is 297 g/mol. The van der Waals surface area contributed by atoms with E-state index in [2.05, 4.69) is 0 Å². The minimum Gasteiger partial charge on any atom is -0.396 e. The first kappa shape index (κ1) is 15.5. The van der Waals surface area contributed by atoms with Gasteiger partial charge in [-0.25, -0.2) is 8.42 Å². The summed E-state index contributed by atoms with van der Waals surface area (Å²) in [5, 5.41) is 8.94. The van der Waals surface area contributed by atoms with Crippen molar-refractivity contribution in [3.05, 3.63) is 29.3 Å². The molecule has 0 aliphatic carbocycles. The maximum absolute atomic E-state index is 12.8. The Balaban J connectivity index is 2.29. The topological polar surface area (TPSA) is 57.6 Å². The fraction of sp³-hybridized carbons (Fsp3) is 0.600. The molecule has 20 heavy (non-hydrogen) atoms. The van der Waals surface area contributed by atoms with Crippen LogP contribution in [-0.2, 0) is 10.0 Å². The van der Waals surface area contributed by atoms with Gasteiger partial charge in [0.15, 0.2) is 0 Å². The van der Waals surface area contributed by atoms with Crippen LogP contribution in [0.15, 0.2) is 23.1 Å². The Morgan fingerprint density at radius 3 is 2.50 bits per heavy atom. The zero-order valence-electron chi connectivity index (χ0n) is 12.2. The van der Waals surface area contributed by atoms with Crippen LogP contribution in [-0.4, -0.2) is 37.0 Å². The van der Waals surface area contributed by atoms with E-state index in [4.69, 9.17) is 5.11 Å². The van der Waals surface area contributed by atoms with Crippen LogP contribution in [0.4, 0.5) is 0 Å². The van der Waals surface area contributed by atoms with Crippen molar-refractivity contribution in [2.24, 2.45) is 0 Å². The van der Waals surface area contributed by atoms with Gasteiger partial charge >= 0.3 is 0 Å². The van der Waals surface area contributed by atoms with Crippen molar-refractivity contribution >= 4 is 10.0 Å². The molecular weight excluding hydrogens is 274 g/mol.